The first kappa shape index (κ1) is 26.2. The molecular weight excluding hydrogens is 483 g/mol. The molecule has 2 heterocycles. The van der Waals surface area contributed by atoms with E-state index in [9.17, 15) is 5.11 Å². The lowest BCUT2D eigenvalue weighted by Crippen LogP contribution is -2.42. The zero-order valence-electron chi connectivity index (χ0n) is 20.2. The van der Waals surface area contributed by atoms with E-state index in [0.29, 0.717) is 23.7 Å². The Balaban J connectivity index is 1.26. The molecule has 4 nitrogen and oxygen atoms in total. The van der Waals surface area contributed by atoms with E-state index < -0.39 is 6.17 Å². The lowest BCUT2D eigenvalue weighted by atomic mass is 9.81. The summed E-state index contributed by atoms with van der Waals surface area (Å²) in [6.45, 7) is 3.05. The van der Waals surface area contributed by atoms with E-state index in [0.717, 1.165) is 65.5 Å². The molecule has 0 bridgehead atoms. The van der Waals surface area contributed by atoms with E-state index in [1.54, 1.807) is 31.1 Å². The van der Waals surface area contributed by atoms with Gasteiger partial charge >= 0.3 is 0 Å². The first-order chi connectivity index (χ1) is 17.1. The Morgan fingerprint density at radius 3 is 2.89 bits per heavy atom. The van der Waals surface area contributed by atoms with Crippen LogP contribution in [0.5, 0.6) is 5.75 Å². The number of ether oxygens (including phenoxy) is 1. The number of pyridine rings is 1. The molecule has 1 fully saturated rings. The number of nitrogens with zero attached hydrogens (tertiary/aromatic N) is 2. The Bertz CT molecular complexity index is 1100. The van der Waals surface area contributed by atoms with Crippen molar-refractivity contribution in [1.82, 2.24) is 9.88 Å². The van der Waals surface area contributed by atoms with Gasteiger partial charge in [-0.05, 0) is 98.3 Å². The molecule has 3 atom stereocenters. The summed E-state index contributed by atoms with van der Waals surface area (Å²) in [6, 6.07) is 15.3. The number of hydrogen-bond donors (Lipinski definition) is 1. The van der Waals surface area contributed by atoms with Crippen molar-refractivity contribution in [3.8, 4) is 5.75 Å². The van der Waals surface area contributed by atoms with E-state index in [1.165, 1.54) is 0 Å². The van der Waals surface area contributed by atoms with E-state index in [-0.39, 0.29) is 12.5 Å². The molecule has 1 aliphatic heterocycles. The fourth-order valence-electron chi connectivity index (χ4n) is 5.04. The van der Waals surface area contributed by atoms with Crippen molar-refractivity contribution in [2.75, 3.05) is 39.1 Å². The Labute approximate surface area is 216 Å². The fraction of sp³-hybridized carbons (Fsp3) is 0.464. The normalized spacial score (nSPS) is 19.7. The number of halogens is 2. The molecule has 0 radical (unpaired) electrons. The first-order valence-electron chi connectivity index (χ1n) is 12.4. The molecule has 3 aromatic rings. The van der Waals surface area contributed by atoms with Gasteiger partial charge in [-0.1, -0.05) is 23.7 Å². The largest absolute Gasteiger partial charge is 0.497 e. The maximum Gasteiger partial charge on any atom is 0.126 e. The van der Waals surface area contributed by atoms with Crippen molar-refractivity contribution in [2.45, 2.75) is 36.8 Å². The van der Waals surface area contributed by atoms with Crippen LogP contribution in [0.15, 0.2) is 59.6 Å². The van der Waals surface area contributed by atoms with Crippen LogP contribution in [-0.4, -0.2) is 54.1 Å². The number of aromatic nitrogens is 1. The van der Waals surface area contributed by atoms with Gasteiger partial charge in [0.1, 0.15) is 11.9 Å². The van der Waals surface area contributed by atoms with Gasteiger partial charge in [0, 0.05) is 29.6 Å². The zero-order chi connectivity index (χ0) is 24.6. The second-order valence-corrected chi connectivity index (χ2v) is 10.8. The van der Waals surface area contributed by atoms with Crippen LogP contribution >= 0.6 is 23.4 Å². The summed E-state index contributed by atoms with van der Waals surface area (Å²) in [7, 11) is 1.61. The number of aliphatic hydroxyl groups excluding tert-OH is 1. The van der Waals surface area contributed by atoms with E-state index in [1.807, 2.05) is 36.4 Å². The van der Waals surface area contributed by atoms with Crippen LogP contribution in [-0.2, 0) is 0 Å². The van der Waals surface area contributed by atoms with Gasteiger partial charge in [0.2, 0.25) is 0 Å². The molecule has 0 amide bonds. The van der Waals surface area contributed by atoms with Gasteiger partial charge in [-0.15, -0.1) is 11.8 Å². The maximum absolute atomic E-state index is 15.4. The first-order valence-corrected chi connectivity index (χ1v) is 13.7. The highest BCUT2D eigenvalue weighted by molar-refractivity contribution is 7.99. The van der Waals surface area contributed by atoms with Crippen molar-refractivity contribution in [3.63, 3.8) is 0 Å². The van der Waals surface area contributed by atoms with Gasteiger partial charge in [0.15, 0.2) is 0 Å². The number of hydrogen-bond acceptors (Lipinski definition) is 5. The molecule has 2 aromatic carbocycles. The van der Waals surface area contributed by atoms with Crippen molar-refractivity contribution >= 4 is 34.3 Å². The number of alkyl halides is 1. The van der Waals surface area contributed by atoms with Crippen LogP contribution in [0.25, 0.3) is 10.9 Å². The summed E-state index contributed by atoms with van der Waals surface area (Å²) in [5.74, 6) is 2.26. The summed E-state index contributed by atoms with van der Waals surface area (Å²) in [6.07, 6.45) is 3.91. The van der Waals surface area contributed by atoms with Crippen molar-refractivity contribution < 1.29 is 14.2 Å². The summed E-state index contributed by atoms with van der Waals surface area (Å²) in [4.78, 5) is 7.94. The molecule has 0 aliphatic carbocycles. The number of benzene rings is 2. The number of methoxy groups -OCH3 is 1. The number of rotatable bonds is 11. The zero-order valence-corrected chi connectivity index (χ0v) is 21.8. The number of piperidine rings is 1. The van der Waals surface area contributed by atoms with Gasteiger partial charge < -0.3 is 14.7 Å². The average molecular weight is 517 g/mol. The minimum atomic E-state index is -1.06. The molecule has 0 unspecified atom stereocenters. The Morgan fingerprint density at radius 1 is 1.23 bits per heavy atom. The molecular formula is C28H34ClFN2O2S. The summed E-state index contributed by atoms with van der Waals surface area (Å²) < 4.78 is 20.7. The Kier molecular flexibility index (Phi) is 9.67. The number of likely N-dealkylation sites (tertiary alicyclic amines) is 1. The second-order valence-electron chi connectivity index (χ2n) is 9.25. The lowest BCUT2D eigenvalue weighted by Gasteiger charge is -2.38. The SMILES string of the molecule is COc1ccc2nccc([C@H](F)CC[C@@H]3CCN(CCCSc4ccccc4Cl)C[C@@H]3CO)c2c1. The number of thioether (sulfide) groups is 1. The summed E-state index contributed by atoms with van der Waals surface area (Å²) in [5, 5.41) is 11.7. The van der Waals surface area contributed by atoms with Crippen molar-refractivity contribution in [2.24, 2.45) is 11.8 Å². The van der Waals surface area contributed by atoms with Gasteiger partial charge in [0.05, 0.1) is 17.6 Å². The maximum atomic E-state index is 15.4. The minimum absolute atomic E-state index is 0.155. The Hall–Kier alpha value is -1.86. The molecule has 35 heavy (non-hydrogen) atoms. The molecule has 1 saturated heterocycles. The van der Waals surface area contributed by atoms with Gasteiger partial charge in [-0.2, -0.15) is 0 Å². The van der Waals surface area contributed by atoms with Crippen LogP contribution in [0, 0.1) is 11.8 Å². The lowest BCUT2D eigenvalue weighted by molar-refractivity contribution is 0.0640. The third-order valence-electron chi connectivity index (χ3n) is 7.03. The quantitative estimate of drug-likeness (QED) is 0.224. The molecule has 1 aromatic heterocycles. The van der Waals surface area contributed by atoms with Crippen molar-refractivity contribution in [3.05, 3.63) is 65.3 Å². The Morgan fingerprint density at radius 2 is 2.09 bits per heavy atom. The molecule has 0 saturated carbocycles. The third-order valence-corrected chi connectivity index (χ3v) is 8.64. The van der Waals surface area contributed by atoms with E-state index >= 15 is 4.39 Å². The minimum Gasteiger partial charge on any atom is -0.497 e. The van der Waals surface area contributed by atoms with Crippen molar-refractivity contribution in [1.29, 1.82) is 0 Å². The molecule has 0 spiro atoms. The van der Waals surface area contributed by atoms with Crippen LogP contribution in [0.2, 0.25) is 5.02 Å². The van der Waals surface area contributed by atoms with Gasteiger partial charge in [-0.3, -0.25) is 4.98 Å². The molecule has 188 valence electrons. The molecule has 1 N–H and O–H groups in total. The van der Waals surface area contributed by atoms with Gasteiger partial charge in [-0.25, -0.2) is 4.39 Å². The molecule has 1 aliphatic rings. The highest BCUT2D eigenvalue weighted by Gasteiger charge is 2.29. The number of aliphatic hydroxyl groups is 1. The molecule has 4 rings (SSSR count). The van der Waals surface area contributed by atoms with Gasteiger partial charge in [0.25, 0.3) is 0 Å². The van der Waals surface area contributed by atoms with Crippen LogP contribution < -0.4 is 4.74 Å². The summed E-state index contributed by atoms with van der Waals surface area (Å²) >= 11 is 8.04. The standard InChI is InChI=1S/C28H34ClFN2O2S/c1-34-22-8-10-27-24(17-22)23(11-13-31-27)26(30)9-7-20-12-15-32(18-21(20)19-33)14-4-16-35-28-6-3-2-5-25(28)29/h2-3,5-6,8,10-11,13,17,20-21,26,33H,4,7,9,12,14-16,18-19H2,1H3/t20-,21-,26-/m1/s1. The molecule has 7 heteroatoms. The van der Waals surface area contributed by atoms with Crippen LogP contribution in [0.4, 0.5) is 4.39 Å². The third kappa shape index (κ3) is 6.88. The van der Waals surface area contributed by atoms with E-state index in [4.69, 9.17) is 16.3 Å². The van der Waals surface area contributed by atoms with Crippen LogP contribution in [0.1, 0.15) is 37.4 Å². The second kappa shape index (κ2) is 12.9. The van der Waals surface area contributed by atoms with E-state index in [2.05, 4.69) is 16.0 Å². The predicted octanol–water partition coefficient (Wildman–Crippen LogP) is 6.80. The number of fused-ring (bicyclic) bond motifs is 1. The average Bonchev–Trinajstić information content (AvgIpc) is 2.90. The van der Waals surface area contributed by atoms with Crippen LogP contribution in [0.3, 0.4) is 0 Å². The monoisotopic (exact) mass is 516 g/mol. The smallest absolute Gasteiger partial charge is 0.126 e. The highest BCUT2D eigenvalue weighted by Crippen LogP contribution is 2.35. The predicted molar refractivity (Wildman–Crippen MR) is 143 cm³/mol. The fourth-order valence-corrected chi connectivity index (χ4v) is 6.21. The summed E-state index contributed by atoms with van der Waals surface area (Å²) in [5.41, 5.74) is 1.45. The topological polar surface area (TPSA) is 45.6 Å². The highest BCUT2D eigenvalue weighted by atomic mass is 35.5.